The van der Waals surface area contributed by atoms with Crippen molar-refractivity contribution in [2.24, 2.45) is 0 Å². The fourth-order valence-electron chi connectivity index (χ4n) is 8.78. The number of hydrogen-bond donors (Lipinski definition) is 1. The Hall–Kier alpha value is -6.84. The number of aryl methyl sites for hydroxylation is 2. The first-order valence-corrected chi connectivity index (χ1v) is 18.3. The SMILES string of the molecule is Cc1cc(-c2ccc3[nH]c4ccc(-c5cc(C)cc(-n6c7ccccc7c7ccccc76)c5)cc4c3c2)cc(-n2c3ccccc3c3ccccc32)c1. The van der Waals surface area contributed by atoms with Crippen LogP contribution in [-0.4, -0.2) is 14.1 Å². The van der Waals surface area contributed by atoms with Gasteiger partial charge in [-0.25, -0.2) is 0 Å². The quantitative estimate of drug-likeness (QED) is 0.192. The monoisotopic (exact) mass is 677 g/mol. The molecule has 0 saturated carbocycles. The molecule has 3 heteroatoms. The summed E-state index contributed by atoms with van der Waals surface area (Å²) < 4.78 is 4.82. The van der Waals surface area contributed by atoms with Gasteiger partial charge >= 0.3 is 0 Å². The molecule has 0 unspecified atom stereocenters. The van der Waals surface area contributed by atoms with Gasteiger partial charge in [0.1, 0.15) is 0 Å². The highest BCUT2D eigenvalue weighted by Gasteiger charge is 2.16. The molecule has 1 N–H and O–H groups in total. The van der Waals surface area contributed by atoms with Gasteiger partial charge < -0.3 is 14.1 Å². The van der Waals surface area contributed by atoms with Gasteiger partial charge in [0.05, 0.1) is 22.1 Å². The normalized spacial score (nSPS) is 12.0. The third-order valence-corrected chi connectivity index (χ3v) is 11.1. The largest absolute Gasteiger partial charge is 0.355 e. The molecule has 0 radical (unpaired) electrons. The van der Waals surface area contributed by atoms with Gasteiger partial charge in [-0.15, -0.1) is 0 Å². The molecule has 8 aromatic carbocycles. The summed E-state index contributed by atoms with van der Waals surface area (Å²) in [6, 6.07) is 62.5. The Balaban J connectivity index is 1.05. The van der Waals surface area contributed by atoms with Crippen LogP contribution in [0, 0.1) is 13.8 Å². The number of para-hydroxylation sites is 4. The standard InChI is InChI=1S/C50H35N3/c1-31-23-35(27-37(25-31)52-47-15-7-3-11-39(47)40-12-4-8-16-48(40)52)33-19-21-45-43(29-33)44-30-34(20-22-46(44)51-45)36-24-32(2)26-38(28-36)53-49-17-9-5-13-41(49)42-14-6-10-18-50(42)53/h3-30,51H,1-2H3. The van der Waals surface area contributed by atoms with E-state index in [9.17, 15) is 0 Å². The van der Waals surface area contributed by atoms with E-state index in [0.717, 1.165) is 11.0 Å². The Morgan fingerprint density at radius 2 is 0.679 bits per heavy atom. The van der Waals surface area contributed by atoms with Crippen LogP contribution in [0.5, 0.6) is 0 Å². The van der Waals surface area contributed by atoms with Crippen LogP contribution in [0.15, 0.2) is 170 Å². The molecule has 0 atom stereocenters. The van der Waals surface area contributed by atoms with Gasteiger partial charge in [0, 0.05) is 54.7 Å². The van der Waals surface area contributed by atoms with Gasteiger partial charge in [0.15, 0.2) is 0 Å². The Labute approximate surface area is 307 Å². The smallest absolute Gasteiger partial charge is 0.0541 e. The van der Waals surface area contributed by atoms with Crippen LogP contribution in [0.4, 0.5) is 0 Å². The second-order valence-corrected chi connectivity index (χ2v) is 14.5. The average molecular weight is 678 g/mol. The average Bonchev–Trinajstić information content (AvgIpc) is 3.84. The number of benzene rings is 8. The number of nitrogens with one attached hydrogen (secondary N) is 1. The van der Waals surface area contributed by atoms with Gasteiger partial charge in [-0.05, 0) is 120 Å². The zero-order chi connectivity index (χ0) is 35.2. The van der Waals surface area contributed by atoms with Crippen LogP contribution in [0.2, 0.25) is 0 Å². The molecule has 0 aliphatic rings. The summed E-state index contributed by atoms with van der Waals surface area (Å²) >= 11 is 0. The first-order chi connectivity index (χ1) is 26.1. The number of aromatic nitrogens is 3. The predicted molar refractivity (Wildman–Crippen MR) is 225 cm³/mol. The van der Waals surface area contributed by atoms with E-state index in [1.807, 2.05) is 0 Å². The number of rotatable bonds is 4. The highest BCUT2D eigenvalue weighted by atomic mass is 15.0. The fourth-order valence-corrected chi connectivity index (χ4v) is 8.78. The molecule has 0 amide bonds. The van der Waals surface area contributed by atoms with Gasteiger partial charge in [-0.3, -0.25) is 0 Å². The van der Waals surface area contributed by atoms with E-state index < -0.39 is 0 Å². The van der Waals surface area contributed by atoms with Crippen molar-refractivity contribution in [3.05, 3.63) is 181 Å². The molecular weight excluding hydrogens is 643 g/mol. The van der Waals surface area contributed by atoms with E-state index in [2.05, 4.69) is 198 Å². The van der Waals surface area contributed by atoms with Crippen LogP contribution in [0.1, 0.15) is 11.1 Å². The van der Waals surface area contributed by atoms with Crippen molar-refractivity contribution in [3.8, 4) is 33.6 Å². The number of hydrogen-bond acceptors (Lipinski definition) is 0. The molecular formula is C50H35N3. The summed E-state index contributed by atoms with van der Waals surface area (Å²) in [6.07, 6.45) is 0. The molecule has 0 spiro atoms. The number of aromatic amines is 1. The van der Waals surface area contributed by atoms with Crippen molar-refractivity contribution >= 4 is 65.4 Å². The van der Waals surface area contributed by atoms with Crippen molar-refractivity contribution in [2.75, 3.05) is 0 Å². The molecule has 0 aliphatic heterocycles. The van der Waals surface area contributed by atoms with Crippen LogP contribution < -0.4 is 0 Å². The molecule has 11 aromatic rings. The summed E-state index contributed by atoms with van der Waals surface area (Å²) in [4.78, 5) is 3.70. The minimum Gasteiger partial charge on any atom is -0.355 e. The molecule has 0 saturated heterocycles. The third-order valence-electron chi connectivity index (χ3n) is 11.1. The second-order valence-electron chi connectivity index (χ2n) is 14.5. The van der Waals surface area contributed by atoms with Crippen LogP contribution in [0.3, 0.4) is 0 Å². The number of nitrogens with zero attached hydrogens (tertiary/aromatic N) is 2. The van der Waals surface area contributed by atoms with Gasteiger partial charge in [-0.2, -0.15) is 0 Å². The lowest BCUT2D eigenvalue weighted by molar-refractivity contribution is 1.17. The lowest BCUT2D eigenvalue weighted by atomic mass is 9.98. The zero-order valence-electron chi connectivity index (χ0n) is 29.6. The van der Waals surface area contributed by atoms with Gasteiger partial charge in [0.25, 0.3) is 0 Å². The fraction of sp³-hybridized carbons (Fsp3) is 0.0400. The third kappa shape index (κ3) is 4.60. The molecule has 0 fully saturated rings. The van der Waals surface area contributed by atoms with E-state index in [-0.39, 0.29) is 0 Å². The minimum absolute atomic E-state index is 1.14. The van der Waals surface area contributed by atoms with Crippen molar-refractivity contribution < 1.29 is 0 Å². The Morgan fingerprint density at radius 3 is 1.06 bits per heavy atom. The second kappa shape index (κ2) is 11.3. The predicted octanol–water partition coefficient (Wildman–Crippen LogP) is 13.5. The lowest BCUT2D eigenvalue weighted by Gasteiger charge is -2.13. The molecule has 0 aliphatic carbocycles. The minimum atomic E-state index is 1.14. The van der Waals surface area contributed by atoms with Gasteiger partial charge in [-0.1, -0.05) is 97.1 Å². The van der Waals surface area contributed by atoms with E-state index in [4.69, 9.17) is 0 Å². The summed E-state index contributed by atoms with van der Waals surface area (Å²) in [5, 5.41) is 7.57. The van der Waals surface area contributed by atoms with Crippen LogP contribution in [-0.2, 0) is 0 Å². The molecule has 3 aromatic heterocycles. The van der Waals surface area contributed by atoms with Crippen molar-refractivity contribution in [1.29, 1.82) is 0 Å². The van der Waals surface area contributed by atoms with Crippen molar-refractivity contribution in [3.63, 3.8) is 0 Å². The van der Waals surface area contributed by atoms with Crippen molar-refractivity contribution in [1.82, 2.24) is 14.1 Å². The first kappa shape index (κ1) is 29.8. The topological polar surface area (TPSA) is 25.6 Å². The van der Waals surface area contributed by atoms with Crippen LogP contribution in [0.25, 0.3) is 99.0 Å². The molecule has 11 rings (SSSR count). The summed E-state index contributed by atoms with van der Waals surface area (Å²) in [7, 11) is 0. The van der Waals surface area contributed by atoms with Crippen molar-refractivity contribution in [2.45, 2.75) is 13.8 Å². The van der Waals surface area contributed by atoms with Crippen LogP contribution >= 0.6 is 0 Å². The highest BCUT2D eigenvalue weighted by molar-refractivity contribution is 6.12. The Bertz CT molecular complexity index is 2930. The zero-order valence-corrected chi connectivity index (χ0v) is 29.6. The highest BCUT2D eigenvalue weighted by Crippen LogP contribution is 2.38. The lowest BCUT2D eigenvalue weighted by Crippen LogP contribution is -1.95. The molecule has 53 heavy (non-hydrogen) atoms. The maximum absolute atomic E-state index is 3.70. The first-order valence-electron chi connectivity index (χ1n) is 18.3. The van der Waals surface area contributed by atoms with E-state index in [1.54, 1.807) is 0 Å². The molecule has 0 bridgehead atoms. The number of fused-ring (bicyclic) bond motifs is 9. The Kier molecular flexibility index (Phi) is 6.38. The molecule has 3 nitrogen and oxygen atoms in total. The maximum Gasteiger partial charge on any atom is 0.0541 e. The summed E-state index contributed by atoms with van der Waals surface area (Å²) in [6.45, 7) is 4.40. The maximum atomic E-state index is 3.70. The molecule has 250 valence electrons. The summed E-state index contributed by atoms with van der Waals surface area (Å²) in [5.74, 6) is 0. The molecule has 3 heterocycles. The number of H-pyrrole nitrogens is 1. The summed E-state index contributed by atoms with van der Waals surface area (Å²) in [5.41, 5.74) is 16.9. The van der Waals surface area contributed by atoms with Gasteiger partial charge in [0.2, 0.25) is 0 Å². The van der Waals surface area contributed by atoms with E-state index in [0.29, 0.717) is 0 Å². The van der Waals surface area contributed by atoms with E-state index in [1.165, 1.54) is 99.1 Å². The Morgan fingerprint density at radius 1 is 0.321 bits per heavy atom. The van der Waals surface area contributed by atoms with E-state index >= 15 is 0 Å².